The summed E-state index contributed by atoms with van der Waals surface area (Å²) in [4.78, 5) is 10.1. The van der Waals surface area contributed by atoms with Gasteiger partial charge in [-0.1, -0.05) is 0 Å². The molecule has 4 heteroatoms. The quantitative estimate of drug-likeness (QED) is 0.426. The van der Waals surface area contributed by atoms with E-state index < -0.39 is 5.94 Å². The van der Waals surface area contributed by atoms with Gasteiger partial charge >= 0.3 is 0 Å². The Hall–Kier alpha value is -0.240. The van der Waals surface area contributed by atoms with Gasteiger partial charge in [0.25, 0.3) is 0 Å². The van der Waals surface area contributed by atoms with Gasteiger partial charge in [0.1, 0.15) is 13.6 Å². The second-order valence-corrected chi connectivity index (χ2v) is 1.20. The first-order valence-corrected chi connectivity index (χ1v) is 1.92. The molecule has 2 N–H and O–H groups in total. The average Bonchev–Trinajstić information content (AvgIpc) is 1.65. The normalized spacial score (nSPS) is 13.3. The van der Waals surface area contributed by atoms with Gasteiger partial charge in [0, 0.05) is 5.94 Å². The molecule has 0 heterocycles. The number of rotatable bonds is 2. The van der Waals surface area contributed by atoms with Crippen LogP contribution in [-0.2, 0) is 4.79 Å². The predicted molar refractivity (Wildman–Crippen MR) is 29.3 cm³/mol. The van der Waals surface area contributed by atoms with Crippen LogP contribution in [-0.4, -0.2) is 27.4 Å². The maximum absolute atomic E-state index is 10.1. The molecule has 0 saturated heterocycles. The van der Waals surface area contributed by atoms with E-state index in [2.05, 4.69) is 0 Å². The molecule has 0 spiro atoms. The number of carbonyl (C=O) groups excluding carboxylic acids is 1. The van der Waals surface area contributed by atoms with Crippen LogP contribution in [0.4, 0.5) is 0 Å². The van der Waals surface area contributed by atoms with Gasteiger partial charge in [-0.2, -0.15) is 0 Å². The molecule has 0 aromatic carbocycles. The van der Waals surface area contributed by atoms with Crippen LogP contribution >= 0.6 is 0 Å². The zero-order chi connectivity index (χ0) is 5.86. The van der Waals surface area contributed by atoms with Gasteiger partial charge in [0.05, 0.1) is 7.85 Å². The van der Waals surface area contributed by atoms with Crippen molar-refractivity contribution in [1.29, 1.82) is 0 Å². The second-order valence-electron chi connectivity index (χ2n) is 1.20. The topological polar surface area (TPSA) is 43.1 Å². The summed E-state index contributed by atoms with van der Waals surface area (Å²) in [5.41, 5.74) is 4.89. The standard InChI is InChI=1S/C3H5B2NO/c4-1-2(7)3(5)6/h3H,1,6H2. The summed E-state index contributed by atoms with van der Waals surface area (Å²) in [6.45, 7) is 0. The van der Waals surface area contributed by atoms with Crippen molar-refractivity contribution >= 4 is 21.5 Å². The molecule has 0 aliphatic rings. The SMILES string of the molecule is [B]CC(=O)C([B])N. The van der Waals surface area contributed by atoms with Crippen LogP contribution in [0.2, 0.25) is 6.32 Å². The van der Waals surface area contributed by atoms with E-state index in [0.717, 1.165) is 0 Å². The fraction of sp³-hybridized carbons (Fsp3) is 0.667. The van der Waals surface area contributed by atoms with Crippen LogP contribution < -0.4 is 5.73 Å². The molecule has 1 unspecified atom stereocenters. The van der Waals surface area contributed by atoms with Crippen molar-refractivity contribution in [2.45, 2.75) is 12.3 Å². The highest BCUT2D eigenvalue weighted by Crippen LogP contribution is 1.77. The molecule has 0 bridgehead atoms. The van der Waals surface area contributed by atoms with Crippen LogP contribution in [0.15, 0.2) is 0 Å². The number of nitrogens with two attached hydrogens (primary N) is 1. The van der Waals surface area contributed by atoms with E-state index in [1.807, 2.05) is 0 Å². The minimum atomic E-state index is -0.898. The third-order valence-corrected chi connectivity index (χ3v) is 0.573. The fourth-order valence-corrected chi connectivity index (χ4v) is 0.136. The van der Waals surface area contributed by atoms with Gasteiger partial charge in [-0.25, -0.2) is 0 Å². The van der Waals surface area contributed by atoms with E-state index in [1.54, 1.807) is 0 Å². The van der Waals surface area contributed by atoms with E-state index in [0.29, 0.717) is 0 Å². The Morgan fingerprint density at radius 1 is 1.86 bits per heavy atom. The van der Waals surface area contributed by atoms with Gasteiger partial charge < -0.3 is 5.73 Å². The van der Waals surface area contributed by atoms with Crippen LogP contribution in [0.1, 0.15) is 0 Å². The van der Waals surface area contributed by atoms with Gasteiger partial charge in [-0.05, 0) is 6.32 Å². The Bertz CT molecular complexity index is 73.3. The summed E-state index contributed by atoms with van der Waals surface area (Å²) in [6, 6.07) is 0. The van der Waals surface area contributed by atoms with Crippen molar-refractivity contribution < 1.29 is 4.79 Å². The maximum Gasteiger partial charge on any atom is 0.131 e. The molecule has 0 aromatic heterocycles. The maximum atomic E-state index is 10.1. The highest BCUT2D eigenvalue weighted by molar-refractivity contribution is 6.31. The van der Waals surface area contributed by atoms with Gasteiger partial charge in [-0.3, -0.25) is 4.79 Å². The third-order valence-electron chi connectivity index (χ3n) is 0.573. The van der Waals surface area contributed by atoms with Crippen LogP contribution in [0.3, 0.4) is 0 Å². The molecular weight excluding hydrogens is 87.7 g/mol. The van der Waals surface area contributed by atoms with Crippen molar-refractivity contribution in [3.63, 3.8) is 0 Å². The lowest BCUT2D eigenvalue weighted by molar-refractivity contribution is -0.116. The molecule has 7 heavy (non-hydrogen) atoms. The van der Waals surface area contributed by atoms with Crippen LogP contribution in [0.25, 0.3) is 0 Å². The average molecular weight is 92.7 g/mol. The Balaban J connectivity index is 3.35. The van der Waals surface area contributed by atoms with Crippen molar-refractivity contribution in [2.75, 3.05) is 0 Å². The molecule has 4 radical (unpaired) electrons. The highest BCUT2D eigenvalue weighted by atomic mass is 16.1. The molecule has 0 aliphatic heterocycles. The van der Waals surface area contributed by atoms with Crippen molar-refractivity contribution in [1.82, 2.24) is 0 Å². The zero-order valence-electron chi connectivity index (χ0n) is 3.92. The zero-order valence-corrected chi connectivity index (χ0v) is 3.92. The molecule has 0 fully saturated rings. The Kier molecular flexibility index (Phi) is 2.76. The predicted octanol–water partition coefficient (Wildman–Crippen LogP) is -1.40. The number of ketones is 1. The molecular formula is C3H5B2NO. The van der Waals surface area contributed by atoms with Crippen LogP contribution in [0.5, 0.6) is 0 Å². The number of Topliss-reactive ketones (excluding diaryl/α,β-unsaturated/α-hetero) is 1. The van der Waals surface area contributed by atoms with Gasteiger partial charge in [-0.15, -0.1) is 0 Å². The monoisotopic (exact) mass is 93.1 g/mol. The second kappa shape index (κ2) is 2.86. The van der Waals surface area contributed by atoms with Gasteiger partial charge in [0.2, 0.25) is 0 Å². The molecule has 34 valence electrons. The molecule has 2 nitrogen and oxygen atoms in total. The number of hydrogen-bond donors (Lipinski definition) is 1. The van der Waals surface area contributed by atoms with E-state index in [-0.39, 0.29) is 12.1 Å². The minimum Gasteiger partial charge on any atom is -0.329 e. The lowest BCUT2D eigenvalue weighted by atomic mass is 9.86. The summed E-state index contributed by atoms with van der Waals surface area (Å²) in [5, 5.41) is 0. The molecule has 0 aromatic rings. The highest BCUT2D eigenvalue weighted by Gasteiger charge is 2.00. The first-order chi connectivity index (χ1) is 3.18. The van der Waals surface area contributed by atoms with E-state index >= 15 is 0 Å². The summed E-state index contributed by atoms with van der Waals surface area (Å²) >= 11 is 0. The summed E-state index contributed by atoms with van der Waals surface area (Å²) in [7, 11) is 9.76. The minimum absolute atomic E-state index is 0.0718. The van der Waals surface area contributed by atoms with Gasteiger partial charge in [0.15, 0.2) is 0 Å². The smallest absolute Gasteiger partial charge is 0.131 e. The Labute approximate surface area is 45.3 Å². The molecule has 0 amide bonds. The summed E-state index contributed by atoms with van der Waals surface area (Å²) < 4.78 is 0. The molecule has 0 aliphatic carbocycles. The number of hydrogen-bond acceptors (Lipinski definition) is 2. The lowest BCUT2D eigenvalue weighted by Gasteiger charge is -1.97. The van der Waals surface area contributed by atoms with E-state index in [4.69, 9.17) is 21.4 Å². The van der Waals surface area contributed by atoms with Crippen molar-refractivity contribution in [3.05, 3.63) is 0 Å². The Morgan fingerprint density at radius 3 is 2.29 bits per heavy atom. The van der Waals surface area contributed by atoms with Crippen molar-refractivity contribution in [2.24, 2.45) is 5.73 Å². The molecule has 1 atom stereocenters. The van der Waals surface area contributed by atoms with Crippen molar-refractivity contribution in [3.8, 4) is 0 Å². The lowest BCUT2D eigenvalue weighted by Crippen LogP contribution is -2.29. The summed E-state index contributed by atoms with van der Waals surface area (Å²) in [5.74, 6) is -1.22. The van der Waals surface area contributed by atoms with E-state index in [1.165, 1.54) is 0 Å². The largest absolute Gasteiger partial charge is 0.329 e. The summed E-state index contributed by atoms with van der Waals surface area (Å²) in [6.07, 6.45) is -0.0718. The Morgan fingerprint density at radius 2 is 2.29 bits per heavy atom. The first-order valence-electron chi connectivity index (χ1n) is 1.92. The number of carbonyl (C=O) groups is 1. The fourth-order valence-electron chi connectivity index (χ4n) is 0.136. The van der Waals surface area contributed by atoms with Crippen LogP contribution in [0, 0.1) is 0 Å². The third kappa shape index (κ3) is 2.45. The molecule has 0 saturated carbocycles. The first kappa shape index (κ1) is 6.76. The molecule has 0 rings (SSSR count). The van der Waals surface area contributed by atoms with E-state index in [9.17, 15) is 4.79 Å².